The lowest BCUT2D eigenvalue weighted by Gasteiger charge is -1.95. The number of nitro groups is 1. The van der Waals surface area contributed by atoms with Gasteiger partial charge < -0.3 is 4.98 Å². The Labute approximate surface area is 119 Å². The number of H-pyrrole nitrogens is 1. The number of hydrazone groups is 1. The van der Waals surface area contributed by atoms with Crippen molar-refractivity contribution in [2.75, 3.05) is 5.43 Å². The van der Waals surface area contributed by atoms with Gasteiger partial charge in [-0.25, -0.2) is 10.4 Å². The van der Waals surface area contributed by atoms with Gasteiger partial charge in [0.05, 0.1) is 22.2 Å². The molecule has 7 heteroatoms. The van der Waals surface area contributed by atoms with E-state index >= 15 is 0 Å². The Morgan fingerprint density at radius 3 is 2.90 bits per heavy atom. The van der Waals surface area contributed by atoms with Crippen molar-refractivity contribution in [3.8, 4) is 0 Å². The van der Waals surface area contributed by atoms with Gasteiger partial charge >= 0.3 is 0 Å². The Kier molecular flexibility index (Phi) is 3.30. The van der Waals surface area contributed by atoms with E-state index in [9.17, 15) is 10.1 Å². The van der Waals surface area contributed by atoms with Crippen molar-refractivity contribution in [1.82, 2.24) is 9.97 Å². The monoisotopic (exact) mass is 281 g/mol. The minimum absolute atomic E-state index is 0.0303. The van der Waals surface area contributed by atoms with Crippen LogP contribution in [0.2, 0.25) is 0 Å². The lowest BCUT2D eigenvalue weighted by Crippen LogP contribution is -1.93. The molecule has 0 radical (unpaired) electrons. The molecule has 0 aliphatic carbocycles. The van der Waals surface area contributed by atoms with E-state index in [1.54, 1.807) is 12.1 Å². The van der Waals surface area contributed by atoms with Gasteiger partial charge in [-0.3, -0.25) is 10.1 Å². The zero-order valence-corrected chi connectivity index (χ0v) is 10.9. The van der Waals surface area contributed by atoms with E-state index in [-0.39, 0.29) is 5.69 Å². The largest absolute Gasteiger partial charge is 0.323 e. The Bertz CT molecular complexity index is 792. The number of nitrogens with one attached hydrogen (secondary N) is 2. The molecule has 1 aromatic heterocycles. The fourth-order valence-corrected chi connectivity index (χ4v) is 1.89. The molecule has 0 bridgehead atoms. The number of para-hydroxylation sites is 2. The summed E-state index contributed by atoms with van der Waals surface area (Å²) in [5, 5.41) is 14.7. The number of fused-ring (bicyclic) bond motifs is 1. The van der Waals surface area contributed by atoms with Gasteiger partial charge in [0.15, 0.2) is 0 Å². The zero-order valence-electron chi connectivity index (χ0n) is 10.9. The number of hydrogen-bond acceptors (Lipinski definition) is 5. The maximum absolute atomic E-state index is 10.7. The van der Waals surface area contributed by atoms with E-state index in [1.165, 1.54) is 18.3 Å². The molecule has 104 valence electrons. The van der Waals surface area contributed by atoms with Crippen LogP contribution in [-0.2, 0) is 0 Å². The molecule has 21 heavy (non-hydrogen) atoms. The van der Waals surface area contributed by atoms with Gasteiger partial charge in [-0.05, 0) is 12.1 Å². The first-order valence-corrected chi connectivity index (χ1v) is 6.21. The molecule has 0 atom stereocenters. The topological polar surface area (TPSA) is 96.2 Å². The first kappa shape index (κ1) is 12.8. The van der Waals surface area contributed by atoms with Crippen LogP contribution in [0.25, 0.3) is 11.0 Å². The Balaban J connectivity index is 1.74. The molecule has 0 fully saturated rings. The minimum Gasteiger partial charge on any atom is -0.323 e. The third-order valence-corrected chi connectivity index (χ3v) is 2.85. The maximum Gasteiger partial charge on any atom is 0.270 e. The van der Waals surface area contributed by atoms with Gasteiger partial charge in [0.2, 0.25) is 5.95 Å². The molecule has 0 unspecified atom stereocenters. The van der Waals surface area contributed by atoms with Crippen LogP contribution in [0.3, 0.4) is 0 Å². The van der Waals surface area contributed by atoms with Crippen molar-refractivity contribution in [2.45, 2.75) is 0 Å². The van der Waals surface area contributed by atoms with E-state index < -0.39 is 4.92 Å². The Morgan fingerprint density at radius 1 is 1.24 bits per heavy atom. The third-order valence-electron chi connectivity index (χ3n) is 2.85. The molecule has 1 heterocycles. The zero-order chi connectivity index (χ0) is 14.7. The molecular formula is C14H11N5O2. The van der Waals surface area contributed by atoms with Crippen LogP contribution in [0, 0.1) is 10.1 Å². The summed E-state index contributed by atoms with van der Waals surface area (Å²) in [4.78, 5) is 17.6. The fourth-order valence-electron chi connectivity index (χ4n) is 1.89. The lowest BCUT2D eigenvalue weighted by molar-refractivity contribution is -0.384. The summed E-state index contributed by atoms with van der Waals surface area (Å²) in [5.74, 6) is 0.512. The van der Waals surface area contributed by atoms with Crippen LogP contribution in [0.4, 0.5) is 11.6 Å². The summed E-state index contributed by atoms with van der Waals surface area (Å²) in [6.07, 6.45) is 1.50. The lowest BCUT2D eigenvalue weighted by atomic mass is 10.2. The summed E-state index contributed by atoms with van der Waals surface area (Å²) < 4.78 is 0. The summed E-state index contributed by atoms with van der Waals surface area (Å²) >= 11 is 0. The molecule has 0 spiro atoms. The number of anilines is 1. The average molecular weight is 281 g/mol. The number of rotatable bonds is 4. The quantitative estimate of drug-likeness (QED) is 0.436. The molecule has 2 N–H and O–H groups in total. The molecule has 0 aliphatic rings. The number of benzene rings is 2. The van der Waals surface area contributed by atoms with Crippen LogP contribution in [0.5, 0.6) is 0 Å². The standard InChI is InChI=1S/C14H11N5O2/c20-19(21)11-5-3-4-10(8-11)9-15-18-14-16-12-6-1-2-7-13(12)17-14/h1-9H,(H2,16,17,18). The molecule has 0 saturated heterocycles. The van der Waals surface area contributed by atoms with E-state index in [0.717, 1.165) is 11.0 Å². The van der Waals surface area contributed by atoms with Gasteiger partial charge in [-0.2, -0.15) is 5.10 Å². The van der Waals surface area contributed by atoms with Gasteiger partial charge in [0, 0.05) is 17.7 Å². The van der Waals surface area contributed by atoms with Crippen molar-refractivity contribution in [3.05, 3.63) is 64.2 Å². The van der Waals surface area contributed by atoms with Crippen molar-refractivity contribution >= 4 is 28.9 Å². The molecule has 3 aromatic rings. The van der Waals surface area contributed by atoms with E-state index in [0.29, 0.717) is 11.5 Å². The van der Waals surface area contributed by atoms with Gasteiger partial charge in [-0.1, -0.05) is 24.3 Å². The van der Waals surface area contributed by atoms with E-state index in [1.807, 2.05) is 24.3 Å². The van der Waals surface area contributed by atoms with Crippen molar-refractivity contribution in [1.29, 1.82) is 0 Å². The van der Waals surface area contributed by atoms with E-state index in [4.69, 9.17) is 0 Å². The summed E-state index contributed by atoms with van der Waals surface area (Å²) in [5.41, 5.74) is 5.17. The van der Waals surface area contributed by atoms with Crippen LogP contribution >= 0.6 is 0 Å². The van der Waals surface area contributed by atoms with Crippen LogP contribution in [0.1, 0.15) is 5.56 Å². The van der Waals surface area contributed by atoms with Crippen LogP contribution < -0.4 is 5.43 Å². The Hall–Kier alpha value is -3.22. The van der Waals surface area contributed by atoms with Crippen molar-refractivity contribution < 1.29 is 4.92 Å². The van der Waals surface area contributed by atoms with Gasteiger partial charge in [0.25, 0.3) is 5.69 Å². The highest BCUT2D eigenvalue weighted by atomic mass is 16.6. The van der Waals surface area contributed by atoms with Gasteiger partial charge in [-0.15, -0.1) is 0 Å². The molecule has 3 rings (SSSR count). The molecule has 0 aliphatic heterocycles. The summed E-state index contributed by atoms with van der Waals surface area (Å²) in [6.45, 7) is 0. The number of nitro benzene ring substituents is 1. The number of hydrogen-bond donors (Lipinski definition) is 2. The maximum atomic E-state index is 10.7. The summed E-state index contributed by atoms with van der Waals surface area (Å²) in [7, 11) is 0. The minimum atomic E-state index is -0.440. The number of aromatic nitrogens is 2. The molecule has 0 saturated carbocycles. The first-order chi connectivity index (χ1) is 10.2. The van der Waals surface area contributed by atoms with Crippen molar-refractivity contribution in [2.24, 2.45) is 5.10 Å². The predicted octanol–water partition coefficient (Wildman–Crippen LogP) is 2.92. The smallest absolute Gasteiger partial charge is 0.270 e. The third kappa shape index (κ3) is 2.86. The highest BCUT2D eigenvalue weighted by Crippen LogP contribution is 2.14. The van der Waals surface area contributed by atoms with Crippen LogP contribution in [0.15, 0.2) is 53.6 Å². The van der Waals surface area contributed by atoms with E-state index in [2.05, 4.69) is 20.5 Å². The number of nitrogens with zero attached hydrogens (tertiary/aromatic N) is 3. The SMILES string of the molecule is O=[N+]([O-])c1cccc(C=NNc2nc3ccccc3[nH]2)c1. The average Bonchev–Trinajstić information content (AvgIpc) is 2.90. The predicted molar refractivity (Wildman–Crippen MR) is 80.4 cm³/mol. The highest BCUT2D eigenvalue weighted by molar-refractivity contribution is 5.81. The second-order valence-electron chi connectivity index (χ2n) is 4.32. The number of non-ortho nitro benzene ring substituents is 1. The van der Waals surface area contributed by atoms with Gasteiger partial charge in [0.1, 0.15) is 0 Å². The number of imidazole rings is 1. The molecule has 7 nitrogen and oxygen atoms in total. The Morgan fingerprint density at radius 2 is 2.10 bits per heavy atom. The van der Waals surface area contributed by atoms with Crippen molar-refractivity contribution in [3.63, 3.8) is 0 Å². The van der Waals surface area contributed by atoms with Crippen LogP contribution in [-0.4, -0.2) is 21.1 Å². The fraction of sp³-hybridized carbons (Fsp3) is 0. The summed E-state index contributed by atoms with van der Waals surface area (Å²) in [6, 6.07) is 13.8. The normalized spacial score (nSPS) is 11.0. The first-order valence-electron chi connectivity index (χ1n) is 6.21. The molecule has 0 amide bonds. The highest BCUT2D eigenvalue weighted by Gasteiger charge is 2.04. The molecule has 2 aromatic carbocycles. The number of aromatic amines is 1. The second kappa shape index (κ2) is 5.41. The molecular weight excluding hydrogens is 270 g/mol. The second-order valence-corrected chi connectivity index (χ2v) is 4.32.